The molecule has 5 nitrogen and oxygen atoms in total. The lowest BCUT2D eigenvalue weighted by Gasteiger charge is -2.11. The molecule has 0 spiro atoms. The van der Waals surface area contributed by atoms with Gasteiger partial charge in [-0.2, -0.15) is 0 Å². The number of amides is 2. The zero-order chi connectivity index (χ0) is 16.8. The van der Waals surface area contributed by atoms with E-state index in [0.717, 1.165) is 0 Å². The Balaban J connectivity index is 2.17. The smallest absolute Gasteiger partial charge is 0.259 e. The summed E-state index contributed by atoms with van der Waals surface area (Å²) in [7, 11) is 1.48. The SMILES string of the molecule is CCC(=O)Nc1cccc(NC(=O)c2ccc(Cl)cc2OC)c1. The Bertz CT molecular complexity index is 732. The van der Waals surface area contributed by atoms with Crippen LogP contribution in [0.1, 0.15) is 23.7 Å². The van der Waals surface area contributed by atoms with Crippen LogP contribution in [0.5, 0.6) is 5.75 Å². The fraction of sp³-hybridized carbons (Fsp3) is 0.176. The Hall–Kier alpha value is -2.53. The number of halogens is 1. The van der Waals surface area contributed by atoms with Gasteiger partial charge in [0.25, 0.3) is 5.91 Å². The van der Waals surface area contributed by atoms with Gasteiger partial charge in [0, 0.05) is 22.8 Å². The van der Waals surface area contributed by atoms with Crippen LogP contribution in [0.2, 0.25) is 5.02 Å². The summed E-state index contributed by atoms with van der Waals surface area (Å²) in [6.45, 7) is 1.77. The van der Waals surface area contributed by atoms with Gasteiger partial charge in [-0.15, -0.1) is 0 Å². The van der Waals surface area contributed by atoms with Gasteiger partial charge in [0.15, 0.2) is 0 Å². The van der Waals surface area contributed by atoms with Crippen molar-refractivity contribution in [3.8, 4) is 5.75 Å². The van der Waals surface area contributed by atoms with E-state index in [1.807, 2.05) is 0 Å². The van der Waals surface area contributed by atoms with Crippen LogP contribution in [0.25, 0.3) is 0 Å². The molecule has 2 N–H and O–H groups in total. The number of rotatable bonds is 5. The quantitative estimate of drug-likeness (QED) is 0.871. The molecular formula is C17H17ClN2O3. The maximum Gasteiger partial charge on any atom is 0.259 e. The summed E-state index contributed by atoms with van der Waals surface area (Å²) in [6.07, 6.45) is 0.387. The molecule has 2 rings (SSSR count). The molecule has 0 saturated carbocycles. The van der Waals surface area contributed by atoms with Crippen LogP contribution in [0.4, 0.5) is 11.4 Å². The van der Waals surface area contributed by atoms with E-state index in [4.69, 9.17) is 16.3 Å². The molecule has 0 fully saturated rings. The summed E-state index contributed by atoms with van der Waals surface area (Å²) >= 11 is 5.89. The van der Waals surface area contributed by atoms with Crippen molar-refractivity contribution in [3.63, 3.8) is 0 Å². The van der Waals surface area contributed by atoms with Gasteiger partial charge in [-0.25, -0.2) is 0 Å². The van der Waals surface area contributed by atoms with Crippen LogP contribution in [0, 0.1) is 0 Å². The number of carbonyl (C=O) groups is 2. The van der Waals surface area contributed by atoms with E-state index in [9.17, 15) is 9.59 Å². The highest BCUT2D eigenvalue weighted by atomic mass is 35.5. The molecule has 0 radical (unpaired) electrons. The van der Waals surface area contributed by atoms with Crippen molar-refractivity contribution >= 4 is 34.8 Å². The van der Waals surface area contributed by atoms with Crippen molar-refractivity contribution in [1.82, 2.24) is 0 Å². The lowest BCUT2D eigenvalue weighted by atomic mass is 10.1. The minimum atomic E-state index is -0.322. The molecule has 0 aliphatic rings. The number of hydrogen-bond donors (Lipinski definition) is 2. The molecule has 0 bridgehead atoms. The average molecular weight is 333 g/mol. The van der Waals surface area contributed by atoms with Gasteiger partial charge >= 0.3 is 0 Å². The Labute approximate surface area is 139 Å². The van der Waals surface area contributed by atoms with Gasteiger partial charge in [0.05, 0.1) is 12.7 Å². The Kier molecular flexibility index (Phi) is 5.60. The van der Waals surface area contributed by atoms with E-state index in [1.165, 1.54) is 7.11 Å². The number of carbonyl (C=O) groups excluding carboxylic acids is 2. The number of anilines is 2. The first-order valence-corrected chi connectivity index (χ1v) is 7.46. The zero-order valence-electron chi connectivity index (χ0n) is 12.9. The first-order chi connectivity index (χ1) is 11.0. The Morgan fingerprint density at radius 2 is 1.78 bits per heavy atom. The second-order valence-electron chi connectivity index (χ2n) is 4.78. The van der Waals surface area contributed by atoms with Gasteiger partial charge in [-0.1, -0.05) is 24.6 Å². The van der Waals surface area contributed by atoms with Crippen molar-refractivity contribution in [2.45, 2.75) is 13.3 Å². The van der Waals surface area contributed by atoms with Crippen molar-refractivity contribution in [3.05, 3.63) is 53.1 Å². The predicted octanol–water partition coefficient (Wildman–Crippen LogP) is 3.95. The minimum absolute atomic E-state index is 0.0900. The van der Waals surface area contributed by atoms with E-state index in [-0.39, 0.29) is 11.8 Å². The second-order valence-corrected chi connectivity index (χ2v) is 5.22. The minimum Gasteiger partial charge on any atom is -0.496 e. The summed E-state index contributed by atoms with van der Waals surface area (Å²) < 4.78 is 5.17. The van der Waals surface area contributed by atoms with E-state index < -0.39 is 0 Å². The maximum absolute atomic E-state index is 12.4. The summed E-state index contributed by atoms with van der Waals surface area (Å²) in [5.41, 5.74) is 1.57. The highest BCUT2D eigenvalue weighted by molar-refractivity contribution is 6.31. The van der Waals surface area contributed by atoms with E-state index in [1.54, 1.807) is 49.4 Å². The number of benzene rings is 2. The lowest BCUT2D eigenvalue weighted by molar-refractivity contribution is -0.115. The third kappa shape index (κ3) is 4.47. The molecule has 0 saturated heterocycles. The van der Waals surface area contributed by atoms with Crippen LogP contribution in [-0.4, -0.2) is 18.9 Å². The first-order valence-electron chi connectivity index (χ1n) is 7.08. The molecule has 0 heterocycles. The predicted molar refractivity (Wildman–Crippen MR) is 91.3 cm³/mol. The molecule has 2 amide bonds. The number of ether oxygens (including phenoxy) is 1. The number of hydrogen-bond acceptors (Lipinski definition) is 3. The van der Waals surface area contributed by atoms with Crippen LogP contribution in [0.15, 0.2) is 42.5 Å². The molecule has 0 unspecified atom stereocenters. The highest BCUT2D eigenvalue weighted by Crippen LogP contribution is 2.24. The summed E-state index contributed by atoms with van der Waals surface area (Å²) in [6, 6.07) is 11.7. The van der Waals surface area contributed by atoms with Crippen molar-refractivity contribution in [2.75, 3.05) is 17.7 Å². The van der Waals surface area contributed by atoms with Crippen LogP contribution in [0.3, 0.4) is 0 Å². The van der Waals surface area contributed by atoms with Gasteiger partial charge in [-0.05, 0) is 36.4 Å². The molecular weight excluding hydrogens is 316 g/mol. The third-order valence-electron chi connectivity index (χ3n) is 3.13. The average Bonchev–Trinajstić information content (AvgIpc) is 2.54. The summed E-state index contributed by atoms with van der Waals surface area (Å²) in [5.74, 6) is -0.0178. The normalized spacial score (nSPS) is 10.0. The summed E-state index contributed by atoms with van der Waals surface area (Å²) in [4.78, 5) is 23.8. The monoisotopic (exact) mass is 332 g/mol. The molecule has 0 aliphatic heterocycles. The lowest BCUT2D eigenvalue weighted by Crippen LogP contribution is -2.14. The Morgan fingerprint density at radius 1 is 1.09 bits per heavy atom. The zero-order valence-corrected chi connectivity index (χ0v) is 13.6. The maximum atomic E-state index is 12.4. The standard InChI is InChI=1S/C17H17ClN2O3/c1-3-16(21)19-12-5-4-6-13(10-12)20-17(22)14-8-7-11(18)9-15(14)23-2/h4-10H,3H2,1-2H3,(H,19,21)(H,20,22). The van der Waals surface area contributed by atoms with Gasteiger partial charge in [-0.3, -0.25) is 9.59 Å². The molecule has 6 heteroatoms. The molecule has 23 heavy (non-hydrogen) atoms. The van der Waals surface area contributed by atoms with Gasteiger partial charge in [0.2, 0.25) is 5.91 Å². The number of nitrogens with one attached hydrogen (secondary N) is 2. The molecule has 0 aliphatic carbocycles. The number of methoxy groups -OCH3 is 1. The molecule has 0 aromatic heterocycles. The van der Waals surface area contributed by atoms with Gasteiger partial charge < -0.3 is 15.4 Å². The molecule has 0 atom stereocenters. The summed E-state index contributed by atoms with van der Waals surface area (Å²) in [5, 5.41) is 6.00. The van der Waals surface area contributed by atoms with E-state index in [0.29, 0.717) is 34.1 Å². The first kappa shape index (κ1) is 16.8. The Morgan fingerprint density at radius 3 is 2.43 bits per heavy atom. The van der Waals surface area contributed by atoms with Crippen LogP contribution < -0.4 is 15.4 Å². The van der Waals surface area contributed by atoms with E-state index in [2.05, 4.69) is 10.6 Å². The molecule has 2 aromatic rings. The van der Waals surface area contributed by atoms with Crippen molar-refractivity contribution < 1.29 is 14.3 Å². The van der Waals surface area contributed by atoms with Crippen molar-refractivity contribution in [2.24, 2.45) is 0 Å². The van der Waals surface area contributed by atoms with Crippen molar-refractivity contribution in [1.29, 1.82) is 0 Å². The topological polar surface area (TPSA) is 67.4 Å². The fourth-order valence-corrected chi connectivity index (χ4v) is 2.14. The van der Waals surface area contributed by atoms with Gasteiger partial charge in [0.1, 0.15) is 5.75 Å². The largest absolute Gasteiger partial charge is 0.496 e. The molecule has 120 valence electrons. The van der Waals surface area contributed by atoms with Crippen LogP contribution in [-0.2, 0) is 4.79 Å². The highest BCUT2D eigenvalue weighted by Gasteiger charge is 2.13. The third-order valence-corrected chi connectivity index (χ3v) is 3.37. The fourth-order valence-electron chi connectivity index (χ4n) is 1.98. The van der Waals surface area contributed by atoms with Crippen LogP contribution >= 0.6 is 11.6 Å². The molecule has 2 aromatic carbocycles. The van der Waals surface area contributed by atoms with E-state index >= 15 is 0 Å². The second kappa shape index (κ2) is 7.65.